The summed E-state index contributed by atoms with van der Waals surface area (Å²) in [6, 6.07) is 6.77. The van der Waals surface area contributed by atoms with E-state index in [0.29, 0.717) is 6.04 Å². The van der Waals surface area contributed by atoms with Crippen LogP contribution in [0.25, 0.3) is 0 Å². The summed E-state index contributed by atoms with van der Waals surface area (Å²) in [5, 5.41) is 3.50. The van der Waals surface area contributed by atoms with Crippen LogP contribution in [0, 0.1) is 0 Å². The molecule has 1 aromatic rings. The molecule has 0 bridgehead atoms. The Balaban J connectivity index is 0.000000980. The van der Waals surface area contributed by atoms with Crippen LogP contribution in [0.1, 0.15) is 30.5 Å². The minimum atomic E-state index is 0. The van der Waals surface area contributed by atoms with Crippen molar-refractivity contribution in [2.75, 3.05) is 12.3 Å². The lowest BCUT2D eigenvalue weighted by molar-refractivity contribution is 0.493. The summed E-state index contributed by atoms with van der Waals surface area (Å²) in [6.45, 7) is 3.30. The molecule has 3 N–H and O–H groups in total. The number of nitrogen functional groups attached to an aromatic ring is 1. The zero-order chi connectivity index (χ0) is 9.26. The standard InChI is InChI=1S/C11H16N2.ClH/c1-2-11-10-7-9(12)4-3-8(10)5-6-13-11;/h3-4,7,11,13H,2,5-6,12H2,1H3;1H. The van der Waals surface area contributed by atoms with Crippen molar-refractivity contribution in [3.63, 3.8) is 0 Å². The van der Waals surface area contributed by atoms with Crippen LogP contribution in [-0.2, 0) is 6.42 Å². The molecular formula is C11H17ClN2. The van der Waals surface area contributed by atoms with E-state index in [4.69, 9.17) is 5.73 Å². The van der Waals surface area contributed by atoms with Crippen LogP contribution < -0.4 is 11.1 Å². The van der Waals surface area contributed by atoms with Crippen molar-refractivity contribution in [3.05, 3.63) is 29.3 Å². The number of halogens is 1. The van der Waals surface area contributed by atoms with Crippen LogP contribution >= 0.6 is 12.4 Å². The Hall–Kier alpha value is -0.730. The van der Waals surface area contributed by atoms with Gasteiger partial charge in [-0.25, -0.2) is 0 Å². The van der Waals surface area contributed by atoms with Crippen LogP contribution in [0.4, 0.5) is 5.69 Å². The van der Waals surface area contributed by atoms with Crippen molar-refractivity contribution in [1.29, 1.82) is 0 Å². The van der Waals surface area contributed by atoms with Gasteiger partial charge < -0.3 is 11.1 Å². The van der Waals surface area contributed by atoms with E-state index in [1.807, 2.05) is 6.07 Å². The molecule has 1 unspecified atom stereocenters. The molecule has 0 saturated carbocycles. The zero-order valence-electron chi connectivity index (χ0n) is 8.42. The van der Waals surface area contributed by atoms with Crippen molar-refractivity contribution in [2.24, 2.45) is 0 Å². The van der Waals surface area contributed by atoms with E-state index in [-0.39, 0.29) is 12.4 Å². The fourth-order valence-corrected chi connectivity index (χ4v) is 2.02. The molecule has 2 rings (SSSR count). The van der Waals surface area contributed by atoms with E-state index in [1.165, 1.54) is 11.1 Å². The summed E-state index contributed by atoms with van der Waals surface area (Å²) in [5.74, 6) is 0. The lowest BCUT2D eigenvalue weighted by Gasteiger charge is -2.26. The first kappa shape index (κ1) is 11.3. The Morgan fingerprint density at radius 3 is 3.00 bits per heavy atom. The SMILES string of the molecule is CCC1NCCc2ccc(N)cc21.Cl. The average molecular weight is 213 g/mol. The summed E-state index contributed by atoms with van der Waals surface area (Å²) >= 11 is 0. The van der Waals surface area contributed by atoms with Gasteiger partial charge in [-0.15, -0.1) is 12.4 Å². The molecule has 0 spiro atoms. The Morgan fingerprint density at radius 2 is 2.29 bits per heavy atom. The van der Waals surface area contributed by atoms with Crippen molar-refractivity contribution >= 4 is 18.1 Å². The van der Waals surface area contributed by atoms with E-state index in [1.54, 1.807) is 0 Å². The highest BCUT2D eigenvalue weighted by Gasteiger charge is 2.17. The maximum absolute atomic E-state index is 5.77. The van der Waals surface area contributed by atoms with Crippen LogP contribution in [0.15, 0.2) is 18.2 Å². The van der Waals surface area contributed by atoms with Gasteiger partial charge in [0.05, 0.1) is 0 Å². The smallest absolute Gasteiger partial charge is 0.0321 e. The first-order chi connectivity index (χ1) is 6.31. The third-order valence-corrected chi connectivity index (χ3v) is 2.74. The van der Waals surface area contributed by atoms with E-state index in [9.17, 15) is 0 Å². The lowest BCUT2D eigenvalue weighted by Crippen LogP contribution is -2.29. The summed E-state index contributed by atoms with van der Waals surface area (Å²) in [5.41, 5.74) is 9.50. The number of nitrogens with two attached hydrogens (primary N) is 1. The lowest BCUT2D eigenvalue weighted by atomic mass is 9.92. The number of hydrogen-bond acceptors (Lipinski definition) is 2. The molecule has 1 aromatic carbocycles. The van der Waals surface area contributed by atoms with Crippen molar-refractivity contribution in [3.8, 4) is 0 Å². The minimum Gasteiger partial charge on any atom is -0.399 e. The number of anilines is 1. The van der Waals surface area contributed by atoms with Crippen molar-refractivity contribution < 1.29 is 0 Å². The molecule has 1 atom stereocenters. The molecule has 0 amide bonds. The van der Waals surface area contributed by atoms with Gasteiger partial charge in [-0.05, 0) is 42.6 Å². The molecule has 1 heterocycles. The molecule has 78 valence electrons. The van der Waals surface area contributed by atoms with Crippen molar-refractivity contribution in [2.45, 2.75) is 25.8 Å². The molecule has 0 aliphatic carbocycles. The maximum Gasteiger partial charge on any atom is 0.0321 e. The molecular weight excluding hydrogens is 196 g/mol. The first-order valence-corrected chi connectivity index (χ1v) is 4.93. The second-order valence-electron chi connectivity index (χ2n) is 3.62. The van der Waals surface area contributed by atoms with Crippen LogP contribution in [0.3, 0.4) is 0 Å². The second kappa shape index (κ2) is 4.67. The zero-order valence-corrected chi connectivity index (χ0v) is 9.23. The largest absolute Gasteiger partial charge is 0.399 e. The average Bonchev–Trinajstić information content (AvgIpc) is 2.17. The van der Waals surface area contributed by atoms with Crippen LogP contribution in [0.5, 0.6) is 0 Å². The van der Waals surface area contributed by atoms with Gasteiger partial charge >= 0.3 is 0 Å². The third kappa shape index (κ3) is 2.02. The highest BCUT2D eigenvalue weighted by atomic mass is 35.5. The minimum absolute atomic E-state index is 0. The monoisotopic (exact) mass is 212 g/mol. The Labute approximate surface area is 91.3 Å². The van der Waals surface area contributed by atoms with Gasteiger partial charge in [-0.2, -0.15) is 0 Å². The normalized spacial score (nSPS) is 19.6. The molecule has 0 fully saturated rings. The molecule has 0 saturated heterocycles. The van der Waals surface area contributed by atoms with Gasteiger partial charge in [0.1, 0.15) is 0 Å². The van der Waals surface area contributed by atoms with Crippen molar-refractivity contribution in [1.82, 2.24) is 5.32 Å². The number of hydrogen-bond donors (Lipinski definition) is 2. The van der Waals surface area contributed by atoms with Gasteiger partial charge in [-0.1, -0.05) is 13.0 Å². The number of fused-ring (bicyclic) bond motifs is 1. The Bertz CT molecular complexity index is 312. The maximum atomic E-state index is 5.77. The molecule has 0 aromatic heterocycles. The quantitative estimate of drug-likeness (QED) is 0.702. The number of benzene rings is 1. The predicted octanol–water partition coefficient (Wildman–Crippen LogP) is 2.29. The van der Waals surface area contributed by atoms with Gasteiger partial charge in [0.15, 0.2) is 0 Å². The summed E-state index contributed by atoms with van der Waals surface area (Å²) < 4.78 is 0. The highest BCUT2D eigenvalue weighted by Crippen LogP contribution is 2.26. The molecule has 1 aliphatic heterocycles. The number of rotatable bonds is 1. The molecule has 1 aliphatic rings. The Kier molecular flexibility index (Phi) is 3.78. The fourth-order valence-electron chi connectivity index (χ4n) is 2.02. The van der Waals surface area contributed by atoms with E-state index >= 15 is 0 Å². The van der Waals surface area contributed by atoms with Gasteiger partial charge in [0.25, 0.3) is 0 Å². The van der Waals surface area contributed by atoms with Gasteiger partial charge in [-0.3, -0.25) is 0 Å². The second-order valence-corrected chi connectivity index (χ2v) is 3.62. The molecule has 0 radical (unpaired) electrons. The van der Waals surface area contributed by atoms with E-state index < -0.39 is 0 Å². The summed E-state index contributed by atoms with van der Waals surface area (Å²) in [4.78, 5) is 0. The first-order valence-electron chi connectivity index (χ1n) is 4.93. The molecule has 14 heavy (non-hydrogen) atoms. The summed E-state index contributed by atoms with van der Waals surface area (Å²) in [7, 11) is 0. The van der Waals surface area contributed by atoms with Gasteiger partial charge in [0, 0.05) is 11.7 Å². The van der Waals surface area contributed by atoms with Gasteiger partial charge in [0.2, 0.25) is 0 Å². The predicted molar refractivity (Wildman–Crippen MR) is 62.8 cm³/mol. The topological polar surface area (TPSA) is 38.0 Å². The third-order valence-electron chi connectivity index (χ3n) is 2.74. The van der Waals surface area contributed by atoms with Crippen LogP contribution in [0.2, 0.25) is 0 Å². The Morgan fingerprint density at radius 1 is 1.50 bits per heavy atom. The van der Waals surface area contributed by atoms with E-state index in [0.717, 1.165) is 25.1 Å². The summed E-state index contributed by atoms with van der Waals surface area (Å²) in [6.07, 6.45) is 2.27. The van der Waals surface area contributed by atoms with Crippen LogP contribution in [-0.4, -0.2) is 6.54 Å². The fraction of sp³-hybridized carbons (Fsp3) is 0.455. The molecule has 3 heteroatoms. The highest BCUT2D eigenvalue weighted by molar-refractivity contribution is 5.85. The van der Waals surface area contributed by atoms with E-state index in [2.05, 4.69) is 24.4 Å². The molecule has 2 nitrogen and oxygen atoms in total. The number of nitrogens with one attached hydrogen (secondary N) is 1.